The first kappa shape index (κ1) is 22.8. The van der Waals surface area contributed by atoms with E-state index in [2.05, 4.69) is 33.0 Å². The number of ether oxygens (including phenoxy) is 1. The Morgan fingerprint density at radius 3 is 2.64 bits per heavy atom. The molecule has 2 heterocycles. The molecule has 0 saturated carbocycles. The minimum atomic E-state index is -0.367. The molecular weight excluding hydrogens is 420 g/mol. The first-order chi connectivity index (χ1) is 15.9. The minimum absolute atomic E-state index is 0.0739. The molecule has 2 saturated heterocycles. The second kappa shape index (κ2) is 9.62. The Bertz CT molecular complexity index is 1040. The SMILES string of the molecule is COc1ccc(NC(C)=O)c(NC(=O)CN2C[C@@H](c3ccccc3)[C@@]3(CCCC(=O)N3)C2)c1. The van der Waals surface area contributed by atoms with Crippen LogP contribution in [-0.4, -0.2) is 54.9 Å². The van der Waals surface area contributed by atoms with Gasteiger partial charge in [-0.15, -0.1) is 0 Å². The molecule has 174 valence electrons. The Kier molecular flexibility index (Phi) is 6.65. The lowest BCUT2D eigenvalue weighted by Gasteiger charge is -2.39. The predicted octanol–water partition coefficient (Wildman–Crippen LogP) is 2.73. The van der Waals surface area contributed by atoms with Crippen LogP contribution in [0.3, 0.4) is 0 Å². The molecule has 2 atom stereocenters. The van der Waals surface area contributed by atoms with E-state index in [0.717, 1.165) is 12.8 Å². The van der Waals surface area contributed by atoms with Gasteiger partial charge in [0, 0.05) is 38.4 Å². The van der Waals surface area contributed by atoms with Crippen LogP contribution in [0.25, 0.3) is 0 Å². The van der Waals surface area contributed by atoms with E-state index in [-0.39, 0.29) is 35.7 Å². The molecule has 2 aromatic carbocycles. The van der Waals surface area contributed by atoms with Crippen molar-refractivity contribution in [3.8, 4) is 5.75 Å². The number of methoxy groups -OCH3 is 1. The molecule has 0 bridgehead atoms. The van der Waals surface area contributed by atoms with Gasteiger partial charge in [0.25, 0.3) is 0 Å². The molecule has 4 rings (SSSR count). The van der Waals surface area contributed by atoms with Gasteiger partial charge in [-0.2, -0.15) is 0 Å². The monoisotopic (exact) mass is 450 g/mol. The van der Waals surface area contributed by atoms with E-state index in [0.29, 0.717) is 36.6 Å². The van der Waals surface area contributed by atoms with Crippen LogP contribution in [0.5, 0.6) is 5.75 Å². The summed E-state index contributed by atoms with van der Waals surface area (Å²) in [6.07, 6.45) is 2.28. The van der Waals surface area contributed by atoms with Crippen LogP contribution in [0, 0.1) is 0 Å². The van der Waals surface area contributed by atoms with Gasteiger partial charge in [0.05, 0.1) is 30.6 Å². The molecule has 1 spiro atoms. The van der Waals surface area contributed by atoms with E-state index in [1.807, 2.05) is 18.2 Å². The Hall–Kier alpha value is -3.39. The molecule has 3 amide bonds. The van der Waals surface area contributed by atoms with E-state index in [1.54, 1.807) is 25.3 Å². The second-order valence-electron chi connectivity index (χ2n) is 8.83. The summed E-state index contributed by atoms with van der Waals surface area (Å²) in [6, 6.07) is 15.3. The minimum Gasteiger partial charge on any atom is -0.497 e. The van der Waals surface area contributed by atoms with Gasteiger partial charge in [0.15, 0.2) is 0 Å². The molecule has 33 heavy (non-hydrogen) atoms. The molecule has 8 nitrogen and oxygen atoms in total. The number of carbonyl (C=O) groups excluding carboxylic acids is 3. The summed E-state index contributed by atoms with van der Waals surface area (Å²) in [6.45, 7) is 2.89. The van der Waals surface area contributed by atoms with E-state index in [4.69, 9.17) is 4.74 Å². The van der Waals surface area contributed by atoms with Crippen LogP contribution < -0.4 is 20.7 Å². The fourth-order valence-corrected chi connectivity index (χ4v) is 5.03. The van der Waals surface area contributed by atoms with Crippen molar-refractivity contribution in [2.75, 3.05) is 37.4 Å². The molecule has 3 N–H and O–H groups in total. The first-order valence-corrected chi connectivity index (χ1v) is 11.2. The Morgan fingerprint density at radius 1 is 1.15 bits per heavy atom. The number of amides is 3. The van der Waals surface area contributed by atoms with Crippen molar-refractivity contribution < 1.29 is 19.1 Å². The van der Waals surface area contributed by atoms with E-state index in [9.17, 15) is 14.4 Å². The average molecular weight is 451 g/mol. The van der Waals surface area contributed by atoms with Gasteiger partial charge >= 0.3 is 0 Å². The topological polar surface area (TPSA) is 99.8 Å². The third-order valence-corrected chi connectivity index (χ3v) is 6.41. The number of nitrogens with one attached hydrogen (secondary N) is 3. The molecule has 0 aliphatic carbocycles. The highest BCUT2D eigenvalue weighted by Gasteiger charge is 2.49. The van der Waals surface area contributed by atoms with Crippen LogP contribution in [0.2, 0.25) is 0 Å². The zero-order chi connectivity index (χ0) is 23.4. The summed E-state index contributed by atoms with van der Waals surface area (Å²) in [7, 11) is 1.55. The maximum Gasteiger partial charge on any atom is 0.238 e. The highest BCUT2D eigenvalue weighted by Crippen LogP contribution is 2.41. The van der Waals surface area contributed by atoms with Crippen LogP contribution in [0.15, 0.2) is 48.5 Å². The lowest BCUT2D eigenvalue weighted by molar-refractivity contribution is -0.125. The fraction of sp³-hybridized carbons (Fsp3) is 0.400. The third-order valence-electron chi connectivity index (χ3n) is 6.41. The van der Waals surface area contributed by atoms with Crippen LogP contribution in [0.1, 0.15) is 37.7 Å². The number of hydrogen-bond acceptors (Lipinski definition) is 5. The van der Waals surface area contributed by atoms with Gasteiger partial charge in [-0.25, -0.2) is 0 Å². The molecular formula is C25H30N4O4. The van der Waals surface area contributed by atoms with Crippen LogP contribution in [0.4, 0.5) is 11.4 Å². The van der Waals surface area contributed by atoms with Crippen molar-refractivity contribution in [1.29, 1.82) is 0 Å². The molecule has 0 radical (unpaired) electrons. The molecule has 8 heteroatoms. The number of carbonyl (C=O) groups is 3. The maximum absolute atomic E-state index is 13.0. The Balaban J connectivity index is 1.51. The quantitative estimate of drug-likeness (QED) is 0.629. The van der Waals surface area contributed by atoms with Crippen molar-refractivity contribution in [3.63, 3.8) is 0 Å². The lowest BCUT2D eigenvalue weighted by atomic mass is 9.76. The second-order valence-corrected chi connectivity index (χ2v) is 8.83. The highest BCUT2D eigenvalue weighted by atomic mass is 16.5. The summed E-state index contributed by atoms with van der Waals surface area (Å²) in [4.78, 5) is 38.9. The van der Waals surface area contributed by atoms with E-state index >= 15 is 0 Å². The molecule has 2 aliphatic heterocycles. The van der Waals surface area contributed by atoms with Crippen LogP contribution in [-0.2, 0) is 14.4 Å². The molecule has 2 aliphatic rings. The summed E-state index contributed by atoms with van der Waals surface area (Å²) in [5.41, 5.74) is 1.79. The van der Waals surface area contributed by atoms with Gasteiger partial charge in [-0.05, 0) is 30.5 Å². The Labute approximate surface area is 193 Å². The lowest BCUT2D eigenvalue weighted by Crippen LogP contribution is -2.56. The Morgan fingerprint density at radius 2 is 1.94 bits per heavy atom. The van der Waals surface area contributed by atoms with E-state index in [1.165, 1.54) is 12.5 Å². The zero-order valence-corrected chi connectivity index (χ0v) is 19.0. The van der Waals surface area contributed by atoms with Crippen molar-refractivity contribution in [1.82, 2.24) is 10.2 Å². The smallest absolute Gasteiger partial charge is 0.238 e. The van der Waals surface area contributed by atoms with E-state index < -0.39 is 0 Å². The summed E-state index contributed by atoms with van der Waals surface area (Å²) in [5, 5.41) is 8.91. The molecule has 0 aromatic heterocycles. The van der Waals surface area contributed by atoms with Gasteiger partial charge in [0.1, 0.15) is 5.75 Å². The number of hydrogen-bond donors (Lipinski definition) is 3. The summed E-state index contributed by atoms with van der Waals surface area (Å²) in [5.74, 6) is 0.345. The number of piperidine rings is 1. The van der Waals surface area contributed by atoms with Gasteiger partial charge in [-0.3, -0.25) is 19.3 Å². The third kappa shape index (κ3) is 5.17. The van der Waals surface area contributed by atoms with Crippen molar-refractivity contribution in [2.24, 2.45) is 0 Å². The van der Waals surface area contributed by atoms with Gasteiger partial charge < -0.3 is 20.7 Å². The normalized spacial score (nSPS) is 22.6. The highest BCUT2D eigenvalue weighted by molar-refractivity contribution is 5.99. The molecule has 0 unspecified atom stereocenters. The number of nitrogens with zero attached hydrogens (tertiary/aromatic N) is 1. The first-order valence-electron chi connectivity index (χ1n) is 11.2. The summed E-state index contributed by atoms with van der Waals surface area (Å²) >= 11 is 0. The largest absolute Gasteiger partial charge is 0.497 e. The van der Waals surface area contributed by atoms with Crippen molar-refractivity contribution >= 4 is 29.1 Å². The average Bonchev–Trinajstić information content (AvgIpc) is 3.11. The van der Waals surface area contributed by atoms with Crippen LogP contribution >= 0.6 is 0 Å². The molecule has 2 fully saturated rings. The number of likely N-dealkylation sites (tertiary alicyclic amines) is 1. The van der Waals surface area contributed by atoms with Crippen molar-refractivity contribution in [3.05, 3.63) is 54.1 Å². The number of anilines is 2. The standard InChI is InChI=1S/C25H30N4O4/c1-17(30)26-21-11-10-19(33-2)13-22(21)27-24(32)15-29-14-20(18-7-4-3-5-8-18)25(16-29)12-6-9-23(31)28-25/h3-5,7-8,10-11,13,20H,6,9,12,14-16H2,1-2H3,(H,26,30)(H,27,32)(H,28,31)/t20-,25+/m0/s1. The van der Waals surface area contributed by atoms with Crippen molar-refractivity contribution in [2.45, 2.75) is 37.6 Å². The number of rotatable bonds is 6. The zero-order valence-electron chi connectivity index (χ0n) is 19.0. The maximum atomic E-state index is 13.0. The van der Waals surface area contributed by atoms with Gasteiger partial charge in [-0.1, -0.05) is 30.3 Å². The predicted molar refractivity (Wildman–Crippen MR) is 126 cm³/mol. The number of benzene rings is 2. The van der Waals surface area contributed by atoms with Gasteiger partial charge in [0.2, 0.25) is 17.7 Å². The fourth-order valence-electron chi connectivity index (χ4n) is 5.03. The molecule has 2 aromatic rings. The summed E-state index contributed by atoms with van der Waals surface area (Å²) < 4.78 is 5.26.